The van der Waals surface area contributed by atoms with E-state index in [4.69, 9.17) is 0 Å². The van der Waals surface area contributed by atoms with Crippen LogP contribution in [0.1, 0.15) is 36.9 Å². The summed E-state index contributed by atoms with van der Waals surface area (Å²) in [5.74, 6) is 0.830. The Hall–Kier alpha value is -1.30. The van der Waals surface area contributed by atoms with Gasteiger partial charge in [0, 0.05) is 18.8 Å². The van der Waals surface area contributed by atoms with Gasteiger partial charge in [-0.15, -0.1) is 24.8 Å². The molecule has 2 aromatic heterocycles. The Balaban J connectivity index is 0.00000144. The third-order valence-corrected chi connectivity index (χ3v) is 4.37. The van der Waals surface area contributed by atoms with Gasteiger partial charge >= 0.3 is 0 Å². The van der Waals surface area contributed by atoms with Crippen molar-refractivity contribution in [3.8, 4) is 0 Å². The molecule has 134 valence electrons. The molecule has 1 saturated heterocycles. The summed E-state index contributed by atoms with van der Waals surface area (Å²) < 4.78 is 1.99. The van der Waals surface area contributed by atoms with Crippen molar-refractivity contribution in [1.82, 2.24) is 20.0 Å². The van der Waals surface area contributed by atoms with Gasteiger partial charge in [-0.1, -0.05) is 0 Å². The van der Waals surface area contributed by atoms with Crippen molar-refractivity contribution in [2.24, 2.45) is 5.92 Å². The molecule has 5 nitrogen and oxygen atoms in total. The number of halogens is 2. The molecule has 0 atom stereocenters. The zero-order valence-corrected chi connectivity index (χ0v) is 15.6. The Morgan fingerprint density at radius 1 is 1.38 bits per heavy atom. The van der Waals surface area contributed by atoms with Gasteiger partial charge in [0.05, 0.1) is 12.2 Å². The number of rotatable bonds is 5. The SMILES string of the molecule is Cc1ccn2cc(CNC(=O)CCC3CCNCC3)nc2c1.Cl.Cl. The summed E-state index contributed by atoms with van der Waals surface area (Å²) in [6, 6.07) is 4.10. The van der Waals surface area contributed by atoms with Crippen LogP contribution in [-0.4, -0.2) is 28.4 Å². The molecule has 2 N–H and O–H groups in total. The summed E-state index contributed by atoms with van der Waals surface area (Å²) in [6.45, 7) is 4.74. The lowest BCUT2D eigenvalue weighted by atomic mass is 9.93. The predicted molar refractivity (Wildman–Crippen MR) is 101 cm³/mol. The van der Waals surface area contributed by atoms with Gasteiger partial charge in [0.1, 0.15) is 5.65 Å². The van der Waals surface area contributed by atoms with E-state index in [1.54, 1.807) is 0 Å². The maximum atomic E-state index is 12.0. The molecule has 1 aliphatic rings. The number of nitrogens with one attached hydrogen (secondary N) is 2. The fraction of sp³-hybridized carbons (Fsp3) is 0.529. The van der Waals surface area contributed by atoms with Crippen LogP contribution in [0.2, 0.25) is 0 Å². The highest BCUT2D eigenvalue weighted by Crippen LogP contribution is 2.17. The van der Waals surface area contributed by atoms with Gasteiger partial charge in [0.15, 0.2) is 0 Å². The Bertz CT molecular complexity index is 653. The van der Waals surface area contributed by atoms with Crippen LogP contribution in [0.15, 0.2) is 24.5 Å². The molecule has 0 unspecified atom stereocenters. The second kappa shape index (κ2) is 9.87. The number of pyridine rings is 1. The van der Waals surface area contributed by atoms with Gasteiger partial charge in [-0.05, 0) is 62.9 Å². The summed E-state index contributed by atoms with van der Waals surface area (Å²) in [6.07, 6.45) is 7.98. The molecule has 0 spiro atoms. The minimum atomic E-state index is 0. The number of carbonyl (C=O) groups excluding carboxylic acids is 1. The molecule has 2 aromatic rings. The summed E-state index contributed by atoms with van der Waals surface area (Å²) in [4.78, 5) is 16.5. The number of nitrogens with zero attached hydrogens (tertiary/aromatic N) is 2. The highest BCUT2D eigenvalue weighted by atomic mass is 35.5. The number of piperidine rings is 1. The molecule has 0 aliphatic carbocycles. The van der Waals surface area contributed by atoms with Crippen LogP contribution < -0.4 is 10.6 Å². The van der Waals surface area contributed by atoms with Crippen molar-refractivity contribution in [3.63, 3.8) is 0 Å². The van der Waals surface area contributed by atoms with Crippen LogP contribution >= 0.6 is 24.8 Å². The Labute approximate surface area is 155 Å². The zero-order chi connectivity index (χ0) is 15.4. The lowest BCUT2D eigenvalue weighted by Crippen LogP contribution is -2.29. The largest absolute Gasteiger partial charge is 0.350 e. The number of amides is 1. The first-order valence-electron chi connectivity index (χ1n) is 8.12. The molecular weight excluding hydrogens is 347 g/mol. The first-order chi connectivity index (χ1) is 10.7. The molecule has 1 aliphatic heterocycles. The van der Waals surface area contributed by atoms with Crippen LogP contribution in [0.3, 0.4) is 0 Å². The molecule has 1 fully saturated rings. The Morgan fingerprint density at radius 3 is 2.88 bits per heavy atom. The van der Waals surface area contributed by atoms with E-state index in [1.807, 2.05) is 22.9 Å². The van der Waals surface area contributed by atoms with Crippen molar-refractivity contribution >= 4 is 36.4 Å². The van der Waals surface area contributed by atoms with Gasteiger partial charge in [-0.2, -0.15) is 0 Å². The van der Waals surface area contributed by atoms with Gasteiger partial charge in [-0.3, -0.25) is 4.79 Å². The van der Waals surface area contributed by atoms with Crippen molar-refractivity contribution in [2.75, 3.05) is 13.1 Å². The van der Waals surface area contributed by atoms with Crippen LogP contribution in [0.4, 0.5) is 0 Å². The molecule has 0 aromatic carbocycles. The fourth-order valence-electron chi connectivity index (χ4n) is 3.00. The molecule has 24 heavy (non-hydrogen) atoms. The molecule has 0 bridgehead atoms. The predicted octanol–water partition coefficient (Wildman–Crippen LogP) is 2.88. The minimum Gasteiger partial charge on any atom is -0.350 e. The van der Waals surface area contributed by atoms with E-state index in [2.05, 4.69) is 28.6 Å². The average Bonchev–Trinajstić information content (AvgIpc) is 2.94. The number of aromatic nitrogens is 2. The maximum absolute atomic E-state index is 12.0. The number of hydrogen-bond donors (Lipinski definition) is 2. The lowest BCUT2D eigenvalue weighted by Gasteiger charge is -2.22. The molecule has 0 saturated carbocycles. The quantitative estimate of drug-likeness (QED) is 0.848. The molecular formula is C17H26Cl2N4O. The first kappa shape index (κ1) is 20.7. The third kappa shape index (κ3) is 5.65. The van der Waals surface area contributed by atoms with E-state index < -0.39 is 0 Å². The number of aryl methyl sites for hydroxylation is 1. The van der Waals surface area contributed by atoms with E-state index in [0.29, 0.717) is 18.9 Å². The molecule has 3 rings (SSSR count). The number of hydrogen-bond acceptors (Lipinski definition) is 3. The van der Waals surface area contributed by atoms with Gasteiger partial charge in [-0.25, -0.2) is 4.98 Å². The van der Waals surface area contributed by atoms with E-state index in [1.165, 1.54) is 18.4 Å². The number of fused-ring (bicyclic) bond motifs is 1. The summed E-state index contributed by atoms with van der Waals surface area (Å²) in [5, 5.41) is 6.34. The smallest absolute Gasteiger partial charge is 0.220 e. The minimum absolute atomic E-state index is 0. The first-order valence-corrected chi connectivity index (χ1v) is 8.12. The molecule has 0 radical (unpaired) electrons. The van der Waals surface area contributed by atoms with Gasteiger partial charge < -0.3 is 15.0 Å². The van der Waals surface area contributed by atoms with Gasteiger partial charge in [0.25, 0.3) is 0 Å². The second-order valence-electron chi connectivity index (χ2n) is 6.21. The Kier molecular flexibility index (Phi) is 8.53. The normalized spacial score (nSPS) is 14.7. The van der Waals surface area contributed by atoms with Crippen molar-refractivity contribution in [3.05, 3.63) is 35.8 Å². The standard InChI is InChI=1S/C17H24N4O.2ClH/c1-13-6-9-21-12-15(20-16(21)10-13)11-19-17(22)3-2-14-4-7-18-8-5-14;;/h6,9-10,12,14,18H,2-5,7-8,11H2,1H3,(H,19,22);2*1H. The topological polar surface area (TPSA) is 58.4 Å². The van der Waals surface area contributed by atoms with E-state index in [-0.39, 0.29) is 30.7 Å². The third-order valence-electron chi connectivity index (χ3n) is 4.37. The van der Waals surface area contributed by atoms with E-state index >= 15 is 0 Å². The number of carbonyl (C=O) groups is 1. The highest BCUT2D eigenvalue weighted by molar-refractivity contribution is 5.85. The van der Waals surface area contributed by atoms with Crippen molar-refractivity contribution in [2.45, 2.75) is 39.2 Å². The van der Waals surface area contributed by atoms with Crippen LogP contribution in [0, 0.1) is 12.8 Å². The molecule has 7 heteroatoms. The summed E-state index contributed by atoms with van der Waals surface area (Å²) >= 11 is 0. The van der Waals surface area contributed by atoms with E-state index in [9.17, 15) is 4.79 Å². The fourth-order valence-corrected chi connectivity index (χ4v) is 3.00. The van der Waals surface area contributed by atoms with Crippen LogP contribution in [0.25, 0.3) is 5.65 Å². The summed E-state index contributed by atoms with van der Waals surface area (Å²) in [5.41, 5.74) is 3.02. The monoisotopic (exact) mass is 372 g/mol. The lowest BCUT2D eigenvalue weighted by molar-refractivity contribution is -0.121. The maximum Gasteiger partial charge on any atom is 0.220 e. The second-order valence-corrected chi connectivity index (χ2v) is 6.21. The van der Waals surface area contributed by atoms with Crippen LogP contribution in [-0.2, 0) is 11.3 Å². The number of imidazole rings is 1. The summed E-state index contributed by atoms with van der Waals surface area (Å²) in [7, 11) is 0. The van der Waals surface area contributed by atoms with E-state index in [0.717, 1.165) is 30.9 Å². The van der Waals surface area contributed by atoms with Crippen molar-refractivity contribution in [1.29, 1.82) is 0 Å². The molecule has 3 heterocycles. The highest BCUT2D eigenvalue weighted by Gasteiger charge is 2.14. The Morgan fingerprint density at radius 2 is 2.12 bits per heavy atom. The van der Waals surface area contributed by atoms with Crippen molar-refractivity contribution < 1.29 is 4.79 Å². The average molecular weight is 373 g/mol. The molecule has 1 amide bonds. The van der Waals surface area contributed by atoms with Crippen LogP contribution in [0.5, 0.6) is 0 Å². The van der Waals surface area contributed by atoms with Gasteiger partial charge in [0.2, 0.25) is 5.91 Å². The zero-order valence-electron chi connectivity index (χ0n) is 14.0.